The molecule has 4 aromatic rings. The van der Waals surface area contributed by atoms with Crippen LogP contribution in [0.1, 0.15) is 31.2 Å². The zero-order valence-electron chi connectivity index (χ0n) is 19.6. The van der Waals surface area contributed by atoms with Gasteiger partial charge in [-0.25, -0.2) is 9.37 Å². The number of thioether (sulfide) groups is 1. The largest absolute Gasteiger partial charge is 0.416 e. The summed E-state index contributed by atoms with van der Waals surface area (Å²) in [7, 11) is 0. The number of hydrogen-bond acceptors (Lipinski definition) is 4. The second-order valence-corrected chi connectivity index (χ2v) is 9.38. The van der Waals surface area contributed by atoms with Gasteiger partial charge in [0.1, 0.15) is 5.82 Å². The van der Waals surface area contributed by atoms with Crippen LogP contribution in [0.3, 0.4) is 0 Å². The molecule has 3 aromatic carbocycles. The molecule has 37 heavy (non-hydrogen) atoms. The number of nitrogens with one attached hydrogen (secondary N) is 1. The molecular weight excluding hydrogens is 506 g/mol. The topological polar surface area (TPSA) is 64.0 Å². The molecule has 0 aliphatic carbocycles. The molecule has 0 saturated carbocycles. The SMILES string of the molecule is O=C(CCCCCSc1nc2ccccc2c(=O)n1-c1cccc(C(F)(F)F)c1)Nc1ccc(F)cc1. The maximum absolute atomic E-state index is 13.3. The summed E-state index contributed by atoms with van der Waals surface area (Å²) in [5.41, 5.74) is -0.199. The number of para-hydroxylation sites is 1. The molecule has 0 spiro atoms. The van der Waals surface area contributed by atoms with Gasteiger partial charge in [-0.1, -0.05) is 36.4 Å². The Balaban J connectivity index is 1.42. The lowest BCUT2D eigenvalue weighted by atomic mass is 10.2. The van der Waals surface area contributed by atoms with Crippen molar-refractivity contribution in [1.82, 2.24) is 9.55 Å². The normalized spacial score (nSPS) is 11.6. The van der Waals surface area contributed by atoms with Gasteiger partial charge in [-0.3, -0.25) is 14.2 Å². The lowest BCUT2D eigenvalue weighted by Crippen LogP contribution is -2.22. The average Bonchev–Trinajstić information content (AvgIpc) is 2.87. The predicted octanol–water partition coefficient (Wildman–Crippen LogP) is 6.83. The molecule has 1 heterocycles. The van der Waals surface area contributed by atoms with Crippen LogP contribution in [0.2, 0.25) is 0 Å². The molecule has 0 aliphatic heterocycles. The minimum absolute atomic E-state index is 0.0954. The number of aromatic nitrogens is 2. The van der Waals surface area contributed by atoms with E-state index in [1.54, 1.807) is 24.3 Å². The van der Waals surface area contributed by atoms with E-state index in [4.69, 9.17) is 0 Å². The van der Waals surface area contributed by atoms with E-state index in [-0.39, 0.29) is 17.4 Å². The molecular formula is C27H23F4N3O2S. The third kappa shape index (κ3) is 6.76. The summed E-state index contributed by atoms with van der Waals surface area (Å²) in [6, 6.07) is 16.9. The maximum Gasteiger partial charge on any atom is 0.416 e. The van der Waals surface area contributed by atoms with Crippen molar-refractivity contribution in [2.24, 2.45) is 0 Å². The minimum atomic E-state index is -4.54. The third-order valence-corrected chi connectivity index (χ3v) is 6.61. The van der Waals surface area contributed by atoms with Gasteiger partial charge in [-0.05, 0) is 67.4 Å². The van der Waals surface area contributed by atoms with E-state index in [2.05, 4.69) is 10.3 Å². The molecule has 0 fully saturated rings. The smallest absolute Gasteiger partial charge is 0.326 e. The van der Waals surface area contributed by atoms with E-state index in [0.29, 0.717) is 46.8 Å². The molecule has 192 valence electrons. The van der Waals surface area contributed by atoms with Crippen molar-refractivity contribution in [3.8, 4) is 5.69 Å². The van der Waals surface area contributed by atoms with E-state index >= 15 is 0 Å². The number of carbonyl (C=O) groups excluding carboxylic acids is 1. The molecule has 0 bridgehead atoms. The van der Waals surface area contributed by atoms with Gasteiger partial charge in [0.15, 0.2) is 5.16 Å². The Labute approximate surface area is 214 Å². The molecule has 0 atom stereocenters. The summed E-state index contributed by atoms with van der Waals surface area (Å²) in [5.74, 6) is 0.00674. The molecule has 1 aromatic heterocycles. The Kier molecular flexibility index (Phi) is 8.27. The van der Waals surface area contributed by atoms with Crippen LogP contribution in [0.25, 0.3) is 16.6 Å². The number of nitrogens with zero attached hydrogens (tertiary/aromatic N) is 2. The number of fused-ring (bicyclic) bond motifs is 1. The first kappa shape index (κ1) is 26.4. The lowest BCUT2D eigenvalue weighted by molar-refractivity contribution is -0.137. The van der Waals surface area contributed by atoms with E-state index in [1.807, 2.05) is 0 Å². The number of unbranched alkanes of at least 4 members (excludes halogenated alkanes) is 2. The average molecular weight is 530 g/mol. The van der Waals surface area contributed by atoms with Crippen LogP contribution in [0.15, 0.2) is 82.7 Å². The van der Waals surface area contributed by atoms with Crippen LogP contribution in [0.5, 0.6) is 0 Å². The number of hydrogen-bond donors (Lipinski definition) is 1. The molecule has 5 nitrogen and oxygen atoms in total. The quantitative estimate of drug-likeness (QED) is 0.112. The highest BCUT2D eigenvalue weighted by atomic mass is 32.2. The van der Waals surface area contributed by atoms with Crippen LogP contribution in [0, 0.1) is 5.82 Å². The zero-order chi connectivity index (χ0) is 26.4. The van der Waals surface area contributed by atoms with Crippen LogP contribution in [0.4, 0.5) is 23.2 Å². The molecule has 1 amide bonds. The summed E-state index contributed by atoms with van der Waals surface area (Å²) in [6.45, 7) is 0. The molecule has 10 heteroatoms. The van der Waals surface area contributed by atoms with E-state index in [9.17, 15) is 27.2 Å². The molecule has 4 rings (SSSR count). The van der Waals surface area contributed by atoms with E-state index in [0.717, 1.165) is 18.6 Å². The lowest BCUT2D eigenvalue weighted by Gasteiger charge is -2.15. The first-order valence-electron chi connectivity index (χ1n) is 11.6. The summed E-state index contributed by atoms with van der Waals surface area (Å²) in [6.07, 6.45) is -2.18. The van der Waals surface area contributed by atoms with Gasteiger partial charge in [-0.15, -0.1) is 0 Å². The monoisotopic (exact) mass is 529 g/mol. The van der Waals surface area contributed by atoms with Gasteiger partial charge in [0.05, 0.1) is 22.2 Å². The van der Waals surface area contributed by atoms with Gasteiger partial charge >= 0.3 is 6.18 Å². The van der Waals surface area contributed by atoms with Crippen molar-refractivity contribution in [2.75, 3.05) is 11.1 Å². The first-order chi connectivity index (χ1) is 17.7. The van der Waals surface area contributed by atoms with Crippen molar-refractivity contribution in [3.05, 3.63) is 94.5 Å². The number of amides is 1. The van der Waals surface area contributed by atoms with E-state index < -0.39 is 17.3 Å². The van der Waals surface area contributed by atoms with E-state index in [1.165, 1.54) is 52.7 Å². The summed E-state index contributed by atoms with van der Waals surface area (Å²) in [4.78, 5) is 29.9. The standard InChI is InChI=1S/C27H23F4N3O2S/c28-19-12-14-20(15-13-19)32-24(35)11-2-1-5-16-37-26-33-23-10-4-3-9-22(23)25(36)34(26)21-8-6-7-18(17-21)27(29,30)31/h3-4,6-10,12-15,17H,1-2,5,11,16H2,(H,32,35). The fourth-order valence-electron chi connectivity index (χ4n) is 3.74. The second-order valence-electron chi connectivity index (χ2n) is 8.31. The number of benzene rings is 3. The minimum Gasteiger partial charge on any atom is -0.326 e. The summed E-state index contributed by atoms with van der Waals surface area (Å²) in [5, 5.41) is 3.33. The maximum atomic E-state index is 13.3. The highest BCUT2D eigenvalue weighted by Gasteiger charge is 2.31. The molecule has 1 N–H and O–H groups in total. The van der Waals surface area contributed by atoms with Crippen molar-refractivity contribution in [3.63, 3.8) is 0 Å². The van der Waals surface area contributed by atoms with Crippen LogP contribution in [-0.4, -0.2) is 21.2 Å². The van der Waals surface area contributed by atoms with Gasteiger partial charge in [0, 0.05) is 17.9 Å². The Bertz CT molecular complexity index is 1450. The van der Waals surface area contributed by atoms with Gasteiger partial charge in [-0.2, -0.15) is 13.2 Å². The van der Waals surface area contributed by atoms with Crippen molar-refractivity contribution in [1.29, 1.82) is 0 Å². The fourth-order valence-corrected chi connectivity index (χ4v) is 4.75. The number of rotatable bonds is 9. The summed E-state index contributed by atoms with van der Waals surface area (Å²) >= 11 is 1.28. The van der Waals surface area contributed by atoms with Crippen LogP contribution < -0.4 is 10.9 Å². The number of anilines is 1. The highest BCUT2D eigenvalue weighted by Crippen LogP contribution is 2.31. The Morgan fingerprint density at radius 2 is 1.70 bits per heavy atom. The van der Waals surface area contributed by atoms with Crippen LogP contribution >= 0.6 is 11.8 Å². The first-order valence-corrected chi connectivity index (χ1v) is 12.6. The number of alkyl halides is 3. The van der Waals surface area contributed by atoms with Crippen molar-refractivity contribution >= 4 is 34.3 Å². The van der Waals surface area contributed by atoms with Crippen LogP contribution in [-0.2, 0) is 11.0 Å². The Hall–Kier alpha value is -3.66. The van der Waals surface area contributed by atoms with Gasteiger partial charge in [0.2, 0.25) is 5.91 Å². The Morgan fingerprint density at radius 1 is 0.946 bits per heavy atom. The molecule has 0 unspecified atom stereocenters. The second kappa shape index (κ2) is 11.6. The highest BCUT2D eigenvalue weighted by molar-refractivity contribution is 7.99. The number of halogens is 4. The van der Waals surface area contributed by atoms with Crippen molar-refractivity contribution < 1.29 is 22.4 Å². The zero-order valence-corrected chi connectivity index (χ0v) is 20.4. The molecule has 0 aliphatic rings. The third-order valence-electron chi connectivity index (χ3n) is 5.58. The van der Waals surface area contributed by atoms with Crippen molar-refractivity contribution in [2.45, 2.75) is 37.0 Å². The molecule has 0 radical (unpaired) electrons. The summed E-state index contributed by atoms with van der Waals surface area (Å²) < 4.78 is 54.1. The van der Waals surface area contributed by atoms with Gasteiger partial charge < -0.3 is 5.32 Å². The Morgan fingerprint density at radius 3 is 2.46 bits per heavy atom. The predicted molar refractivity (Wildman–Crippen MR) is 137 cm³/mol. The van der Waals surface area contributed by atoms with Gasteiger partial charge in [0.25, 0.3) is 5.56 Å². The number of carbonyl (C=O) groups is 1. The fraction of sp³-hybridized carbons (Fsp3) is 0.222. The molecule has 0 saturated heterocycles.